The average molecular weight is 393 g/mol. The van der Waals surface area contributed by atoms with E-state index in [1.807, 2.05) is 30.3 Å². The molecule has 0 spiro atoms. The molecule has 156 valence electrons. The number of hydrogen-bond donors (Lipinski definition) is 0. The number of benzene rings is 2. The van der Waals surface area contributed by atoms with E-state index in [0.29, 0.717) is 0 Å². The molecule has 29 heavy (non-hydrogen) atoms. The Morgan fingerprint density at radius 2 is 1.45 bits per heavy atom. The minimum absolute atomic E-state index is 0.0288. The van der Waals surface area contributed by atoms with Gasteiger partial charge in [-0.3, -0.25) is 0 Å². The summed E-state index contributed by atoms with van der Waals surface area (Å²) in [5.74, 6) is 1.96. The van der Waals surface area contributed by atoms with Gasteiger partial charge in [-0.05, 0) is 37.1 Å². The minimum Gasteiger partial charge on any atom is -0.483 e. The Bertz CT molecular complexity index is 840. The van der Waals surface area contributed by atoms with Gasteiger partial charge in [0.2, 0.25) is 0 Å². The van der Waals surface area contributed by atoms with Gasteiger partial charge >= 0.3 is 0 Å². The fraction of sp³-hybridized carbons (Fsp3) is 0.500. The van der Waals surface area contributed by atoms with Gasteiger partial charge in [-0.15, -0.1) is 0 Å². The zero-order valence-corrected chi connectivity index (χ0v) is 18.1. The highest BCUT2D eigenvalue weighted by atomic mass is 16.5. The molecule has 0 aliphatic heterocycles. The number of rotatable bonds is 13. The third kappa shape index (κ3) is 6.09. The van der Waals surface area contributed by atoms with E-state index in [-0.39, 0.29) is 6.10 Å². The van der Waals surface area contributed by atoms with Crippen molar-refractivity contribution in [1.29, 1.82) is 0 Å². The SMILES string of the molecule is CCCCCCCCCCn1c(C(CC)Oc2ccccc2)nc2ccccc21. The molecule has 3 rings (SSSR count). The zero-order chi connectivity index (χ0) is 20.3. The maximum Gasteiger partial charge on any atom is 0.156 e. The lowest BCUT2D eigenvalue weighted by Crippen LogP contribution is -2.14. The first-order valence-corrected chi connectivity index (χ1v) is 11.5. The largest absolute Gasteiger partial charge is 0.483 e. The van der Waals surface area contributed by atoms with Gasteiger partial charge in [0.05, 0.1) is 11.0 Å². The van der Waals surface area contributed by atoms with Crippen LogP contribution in [0.2, 0.25) is 0 Å². The fourth-order valence-electron chi connectivity index (χ4n) is 3.96. The van der Waals surface area contributed by atoms with E-state index in [2.05, 4.69) is 42.7 Å². The molecular weight excluding hydrogens is 356 g/mol. The quantitative estimate of drug-likeness (QED) is 0.279. The van der Waals surface area contributed by atoms with E-state index >= 15 is 0 Å². The monoisotopic (exact) mass is 392 g/mol. The van der Waals surface area contributed by atoms with E-state index in [1.54, 1.807) is 0 Å². The van der Waals surface area contributed by atoms with Gasteiger partial charge in [0.25, 0.3) is 0 Å². The van der Waals surface area contributed by atoms with Crippen LogP contribution in [-0.4, -0.2) is 9.55 Å². The second-order valence-corrected chi connectivity index (χ2v) is 7.91. The molecule has 2 aromatic carbocycles. The van der Waals surface area contributed by atoms with Crippen LogP contribution in [0, 0.1) is 0 Å². The smallest absolute Gasteiger partial charge is 0.156 e. The van der Waals surface area contributed by atoms with Crippen LogP contribution in [0.5, 0.6) is 5.75 Å². The van der Waals surface area contributed by atoms with E-state index in [1.165, 1.54) is 56.9 Å². The number of aromatic nitrogens is 2. The number of aryl methyl sites for hydroxylation is 1. The fourth-order valence-corrected chi connectivity index (χ4v) is 3.96. The predicted octanol–water partition coefficient (Wildman–Crippen LogP) is 7.71. The van der Waals surface area contributed by atoms with Crippen molar-refractivity contribution in [1.82, 2.24) is 9.55 Å². The number of nitrogens with zero attached hydrogens (tertiary/aromatic N) is 2. The predicted molar refractivity (Wildman–Crippen MR) is 122 cm³/mol. The summed E-state index contributed by atoms with van der Waals surface area (Å²) in [5, 5.41) is 0. The molecule has 0 saturated carbocycles. The zero-order valence-electron chi connectivity index (χ0n) is 18.1. The van der Waals surface area contributed by atoms with Crippen LogP contribution in [0.25, 0.3) is 11.0 Å². The van der Waals surface area contributed by atoms with E-state index in [0.717, 1.165) is 30.1 Å². The van der Waals surface area contributed by atoms with Gasteiger partial charge in [0.1, 0.15) is 5.75 Å². The Hall–Kier alpha value is -2.29. The highest BCUT2D eigenvalue weighted by molar-refractivity contribution is 5.76. The van der Waals surface area contributed by atoms with Crippen LogP contribution in [0.1, 0.15) is 83.6 Å². The Morgan fingerprint density at radius 1 is 0.793 bits per heavy atom. The molecule has 1 unspecified atom stereocenters. The molecule has 0 amide bonds. The molecule has 0 bridgehead atoms. The molecule has 3 heteroatoms. The average Bonchev–Trinajstić information content (AvgIpc) is 3.13. The molecule has 1 heterocycles. The van der Waals surface area contributed by atoms with Crippen molar-refractivity contribution in [3.8, 4) is 5.75 Å². The summed E-state index contributed by atoms with van der Waals surface area (Å²) in [6, 6.07) is 18.6. The molecule has 3 nitrogen and oxygen atoms in total. The number of unbranched alkanes of at least 4 members (excludes halogenated alkanes) is 7. The maximum atomic E-state index is 6.32. The normalized spacial score (nSPS) is 12.3. The molecule has 3 aromatic rings. The third-order valence-electron chi connectivity index (χ3n) is 5.60. The molecule has 0 N–H and O–H groups in total. The molecule has 1 atom stereocenters. The van der Waals surface area contributed by atoms with Gasteiger partial charge in [-0.2, -0.15) is 0 Å². The summed E-state index contributed by atoms with van der Waals surface area (Å²) in [6.45, 7) is 5.46. The van der Waals surface area contributed by atoms with Gasteiger partial charge < -0.3 is 9.30 Å². The Kier molecular flexibility index (Phi) is 8.60. The Balaban J connectivity index is 1.67. The lowest BCUT2D eigenvalue weighted by Gasteiger charge is -2.19. The number of para-hydroxylation sites is 3. The van der Waals surface area contributed by atoms with Crippen LogP contribution in [-0.2, 0) is 6.54 Å². The van der Waals surface area contributed by atoms with Gasteiger partial charge in [0.15, 0.2) is 11.9 Å². The lowest BCUT2D eigenvalue weighted by atomic mass is 10.1. The van der Waals surface area contributed by atoms with Crippen LogP contribution in [0.3, 0.4) is 0 Å². The van der Waals surface area contributed by atoms with Crippen molar-refractivity contribution in [2.45, 2.75) is 84.3 Å². The van der Waals surface area contributed by atoms with Gasteiger partial charge in [-0.25, -0.2) is 4.98 Å². The molecule has 0 fully saturated rings. The summed E-state index contributed by atoms with van der Waals surface area (Å²) in [5.41, 5.74) is 2.29. The molecular formula is C26H36N2O. The summed E-state index contributed by atoms with van der Waals surface area (Å²) in [7, 11) is 0. The first-order valence-electron chi connectivity index (χ1n) is 11.5. The number of ether oxygens (including phenoxy) is 1. The topological polar surface area (TPSA) is 27.1 Å². The van der Waals surface area contributed by atoms with Crippen molar-refractivity contribution in [2.75, 3.05) is 0 Å². The second-order valence-electron chi connectivity index (χ2n) is 7.91. The number of imidazole rings is 1. The summed E-state index contributed by atoms with van der Waals surface area (Å²) in [6.07, 6.45) is 11.5. The number of hydrogen-bond acceptors (Lipinski definition) is 2. The summed E-state index contributed by atoms with van der Waals surface area (Å²) >= 11 is 0. The minimum atomic E-state index is -0.0288. The van der Waals surface area contributed by atoms with E-state index in [4.69, 9.17) is 9.72 Å². The van der Waals surface area contributed by atoms with Crippen LogP contribution in [0.4, 0.5) is 0 Å². The molecule has 0 aliphatic rings. The summed E-state index contributed by atoms with van der Waals surface area (Å²) < 4.78 is 8.71. The lowest BCUT2D eigenvalue weighted by molar-refractivity contribution is 0.186. The standard InChI is InChI=1S/C26H36N2O/c1-3-5-6-7-8-9-10-16-21-28-24-20-15-14-19-23(24)27-26(28)25(4-2)29-22-17-12-11-13-18-22/h11-15,17-20,25H,3-10,16,21H2,1-2H3. The Morgan fingerprint density at radius 3 is 2.17 bits per heavy atom. The van der Waals surface area contributed by atoms with Crippen molar-refractivity contribution in [3.05, 3.63) is 60.4 Å². The third-order valence-corrected chi connectivity index (χ3v) is 5.60. The molecule has 1 aromatic heterocycles. The maximum absolute atomic E-state index is 6.32. The summed E-state index contributed by atoms with van der Waals surface area (Å²) in [4.78, 5) is 4.97. The Labute approximate surface area is 176 Å². The first kappa shape index (κ1) is 21.4. The van der Waals surface area contributed by atoms with Crippen molar-refractivity contribution in [2.24, 2.45) is 0 Å². The molecule has 0 saturated heterocycles. The van der Waals surface area contributed by atoms with E-state index < -0.39 is 0 Å². The van der Waals surface area contributed by atoms with Crippen molar-refractivity contribution >= 4 is 11.0 Å². The molecule has 0 aliphatic carbocycles. The van der Waals surface area contributed by atoms with Gasteiger partial charge in [-0.1, -0.05) is 89.1 Å². The number of fused-ring (bicyclic) bond motifs is 1. The van der Waals surface area contributed by atoms with Crippen molar-refractivity contribution < 1.29 is 4.74 Å². The highest BCUT2D eigenvalue weighted by Crippen LogP contribution is 2.28. The van der Waals surface area contributed by atoms with Gasteiger partial charge in [0, 0.05) is 6.54 Å². The van der Waals surface area contributed by atoms with Crippen LogP contribution >= 0.6 is 0 Å². The first-order chi connectivity index (χ1) is 14.3. The van der Waals surface area contributed by atoms with Crippen LogP contribution in [0.15, 0.2) is 54.6 Å². The second kappa shape index (κ2) is 11.6. The van der Waals surface area contributed by atoms with Crippen LogP contribution < -0.4 is 4.74 Å². The van der Waals surface area contributed by atoms with E-state index in [9.17, 15) is 0 Å². The molecule has 0 radical (unpaired) electrons. The highest BCUT2D eigenvalue weighted by Gasteiger charge is 2.20. The van der Waals surface area contributed by atoms with Crippen molar-refractivity contribution in [3.63, 3.8) is 0 Å².